The molecule has 1 aliphatic heterocycles. The first kappa shape index (κ1) is 17.7. The summed E-state index contributed by atoms with van der Waals surface area (Å²) in [5.41, 5.74) is 1.25. The van der Waals surface area contributed by atoms with E-state index in [2.05, 4.69) is 0 Å². The standard InChI is InChI=1S/C12H12Cl2N2O3.C2H6/c1-8-7-9(16(18)19)3-4-10(8)15-6-2-5-12(13,14)11(15)17;1-2/h3-4,7H,2,5-6H2,1H3;1-2H3. The second-order valence-corrected chi connectivity index (χ2v) is 5.98. The molecule has 1 aromatic rings. The van der Waals surface area contributed by atoms with Gasteiger partial charge >= 0.3 is 0 Å². The van der Waals surface area contributed by atoms with Crippen LogP contribution in [0.5, 0.6) is 0 Å². The summed E-state index contributed by atoms with van der Waals surface area (Å²) in [6.45, 7) is 6.23. The molecule has 5 nitrogen and oxygen atoms in total. The van der Waals surface area contributed by atoms with Gasteiger partial charge in [-0.3, -0.25) is 14.9 Å². The predicted octanol–water partition coefficient (Wildman–Crippen LogP) is 4.23. The Morgan fingerprint density at radius 3 is 2.48 bits per heavy atom. The van der Waals surface area contributed by atoms with Gasteiger partial charge in [-0.05, 0) is 31.4 Å². The molecular formula is C14H18Cl2N2O3. The lowest BCUT2D eigenvalue weighted by Crippen LogP contribution is -2.47. The van der Waals surface area contributed by atoms with Crippen LogP contribution in [0.25, 0.3) is 0 Å². The number of carbonyl (C=O) groups is 1. The SMILES string of the molecule is CC.Cc1cc([N+](=O)[O-])ccc1N1CCCC(Cl)(Cl)C1=O. The molecular weight excluding hydrogens is 315 g/mol. The van der Waals surface area contributed by atoms with E-state index >= 15 is 0 Å². The van der Waals surface area contributed by atoms with Gasteiger partial charge in [0.25, 0.3) is 11.6 Å². The number of nitro benzene ring substituents is 1. The van der Waals surface area contributed by atoms with Gasteiger partial charge in [0.15, 0.2) is 4.33 Å². The van der Waals surface area contributed by atoms with E-state index in [-0.39, 0.29) is 11.6 Å². The molecule has 0 N–H and O–H groups in total. The number of hydrogen-bond acceptors (Lipinski definition) is 3. The zero-order chi connectivity index (χ0) is 16.2. The number of alkyl halides is 2. The first-order chi connectivity index (χ1) is 9.83. The van der Waals surface area contributed by atoms with Crippen LogP contribution in [0.4, 0.5) is 11.4 Å². The quantitative estimate of drug-likeness (QED) is 0.462. The Hall–Kier alpha value is -1.33. The largest absolute Gasteiger partial charge is 0.310 e. The lowest BCUT2D eigenvalue weighted by molar-refractivity contribution is -0.384. The Kier molecular flexibility index (Phi) is 5.98. The van der Waals surface area contributed by atoms with Gasteiger partial charge in [-0.1, -0.05) is 37.0 Å². The van der Waals surface area contributed by atoms with Gasteiger partial charge in [0.05, 0.1) is 4.92 Å². The molecule has 0 aromatic heterocycles. The summed E-state index contributed by atoms with van der Waals surface area (Å²) in [5.74, 6) is -0.376. The fourth-order valence-electron chi connectivity index (χ4n) is 2.15. The van der Waals surface area contributed by atoms with Gasteiger partial charge in [0.2, 0.25) is 0 Å². The molecule has 0 aliphatic carbocycles. The highest BCUT2D eigenvalue weighted by Crippen LogP contribution is 2.37. The molecule has 0 unspecified atom stereocenters. The van der Waals surface area contributed by atoms with Crippen molar-refractivity contribution in [2.24, 2.45) is 0 Å². The van der Waals surface area contributed by atoms with Gasteiger partial charge < -0.3 is 4.90 Å². The van der Waals surface area contributed by atoms with Crippen molar-refractivity contribution in [3.63, 3.8) is 0 Å². The predicted molar refractivity (Wildman–Crippen MR) is 85.2 cm³/mol. The van der Waals surface area contributed by atoms with Crippen molar-refractivity contribution < 1.29 is 9.72 Å². The van der Waals surface area contributed by atoms with Crippen LogP contribution in [0.2, 0.25) is 0 Å². The minimum absolute atomic E-state index is 0.00582. The van der Waals surface area contributed by atoms with E-state index < -0.39 is 9.26 Å². The molecule has 2 rings (SSSR count). The summed E-state index contributed by atoms with van der Waals surface area (Å²) in [4.78, 5) is 23.9. The van der Waals surface area contributed by atoms with Crippen LogP contribution in [-0.4, -0.2) is 21.7 Å². The van der Waals surface area contributed by atoms with Crippen molar-refractivity contribution in [2.45, 2.75) is 37.9 Å². The second-order valence-electron chi connectivity index (χ2n) is 4.49. The van der Waals surface area contributed by atoms with E-state index in [1.54, 1.807) is 13.0 Å². The monoisotopic (exact) mass is 332 g/mol. The molecule has 0 radical (unpaired) electrons. The van der Waals surface area contributed by atoms with Crippen LogP contribution in [-0.2, 0) is 4.79 Å². The van der Waals surface area contributed by atoms with Crippen molar-refractivity contribution >= 4 is 40.5 Å². The van der Waals surface area contributed by atoms with Crippen molar-refractivity contribution in [3.05, 3.63) is 33.9 Å². The number of hydrogen-bond donors (Lipinski definition) is 0. The molecule has 116 valence electrons. The lowest BCUT2D eigenvalue weighted by Gasteiger charge is -2.34. The zero-order valence-corrected chi connectivity index (χ0v) is 13.7. The number of amides is 1. The maximum Gasteiger partial charge on any atom is 0.269 e. The molecule has 1 heterocycles. The van der Waals surface area contributed by atoms with Gasteiger partial charge in [0, 0.05) is 24.4 Å². The van der Waals surface area contributed by atoms with Crippen LogP contribution >= 0.6 is 23.2 Å². The molecule has 1 amide bonds. The highest BCUT2D eigenvalue weighted by molar-refractivity contribution is 6.59. The minimum atomic E-state index is -1.41. The summed E-state index contributed by atoms with van der Waals surface area (Å²) in [6, 6.07) is 4.36. The topological polar surface area (TPSA) is 63.5 Å². The van der Waals surface area contributed by atoms with E-state index in [0.29, 0.717) is 30.6 Å². The maximum absolute atomic E-state index is 12.1. The fourth-order valence-corrected chi connectivity index (χ4v) is 2.62. The molecule has 7 heteroatoms. The van der Waals surface area contributed by atoms with Crippen LogP contribution in [0, 0.1) is 17.0 Å². The Bertz CT molecular complexity index is 547. The summed E-state index contributed by atoms with van der Waals surface area (Å²) < 4.78 is -1.41. The van der Waals surface area contributed by atoms with Gasteiger partial charge in [0.1, 0.15) is 0 Å². The number of nitrogens with zero attached hydrogens (tertiary/aromatic N) is 2. The third-order valence-corrected chi connectivity index (χ3v) is 3.81. The number of rotatable bonds is 2. The number of non-ortho nitro benzene ring substituents is 1. The van der Waals surface area contributed by atoms with Gasteiger partial charge in [-0.25, -0.2) is 0 Å². The summed E-state index contributed by atoms with van der Waals surface area (Å²) >= 11 is 11.9. The summed E-state index contributed by atoms with van der Waals surface area (Å²) in [5, 5.41) is 10.7. The second kappa shape index (κ2) is 7.09. The molecule has 21 heavy (non-hydrogen) atoms. The van der Waals surface area contributed by atoms with Crippen LogP contribution < -0.4 is 4.90 Å². The molecule has 1 aliphatic rings. The molecule has 0 saturated carbocycles. The Labute approximate surface area is 134 Å². The molecule has 0 atom stereocenters. The van der Waals surface area contributed by atoms with Crippen LogP contribution in [0.3, 0.4) is 0 Å². The number of carbonyl (C=O) groups excluding carboxylic acids is 1. The number of halogens is 2. The average molecular weight is 333 g/mol. The van der Waals surface area contributed by atoms with Crippen LogP contribution in [0.15, 0.2) is 18.2 Å². The van der Waals surface area contributed by atoms with Crippen molar-refractivity contribution in [1.82, 2.24) is 0 Å². The minimum Gasteiger partial charge on any atom is -0.310 e. The Morgan fingerprint density at radius 2 is 1.95 bits per heavy atom. The zero-order valence-electron chi connectivity index (χ0n) is 12.2. The van der Waals surface area contributed by atoms with E-state index in [0.717, 1.165) is 0 Å². The lowest BCUT2D eigenvalue weighted by atomic mass is 10.1. The first-order valence-electron chi connectivity index (χ1n) is 6.78. The summed E-state index contributed by atoms with van der Waals surface area (Å²) in [7, 11) is 0. The fraction of sp³-hybridized carbons (Fsp3) is 0.500. The average Bonchev–Trinajstić information content (AvgIpc) is 2.44. The Balaban J connectivity index is 0.00000106. The van der Waals surface area contributed by atoms with Crippen LogP contribution in [0.1, 0.15) is 32.3 Å². The van der Waals surface area contributed by atoms with Crippen molar-refractivity contribution in [3.8, 4) is 0 Å². The van der Waals surface area contributed by atoms with E-state index in [4.69, 9.17) is 23.2 Å². The maximum atomic E-state index is 12.1. The summed E-state index contributed by atoms with van der Waals surface area (Å²) in [6.07, 6.45) is 1.10. The molecule has 1 aromatic carbocycles. The normalized spacial score (nSPS) is 17.0. The first-order valence-corrected chi connectivity index (χ1v) is 7.53. The smallest absolute Gasteiger partial charge is 0.269 e. The third kappa shape index (κ3) is 3.86. The molecule has 1 fully saturated rings. The third-order valence-electron chi connectivity index (χ3n) is 3.11. The molecule has 0 spiro atoms. The number of piperidine rings is 1. The van der Waals surface area contributed by atoms with Gasteiger partial charge in [-0.15, -0.1) is 0 Å². The number of benzene rings is 1. The van der Waals surface area contributed by atoms with Crippen molar-refractivity contribution in [2.75, 3.05) is 11.4 Å². The number of anilines is 1. The molecule has 1 saturated heterocycles. The van der Waals surface area contributed by atoms with Crippen molar-refractivity contribution in [1.29, 1.82) is 0 Å². The molecule has 0 bridgehead atoms. The number of nitro groups is 1. The highest BCUT2D eigenvalue weighted by Gasteiger charge is 2.41. The number of aryl methyl sites for hydroxylation is 1. The van der Waals surface area contributed by atoms with E-state index in [1.807, 2.05) is 13.8 Å². The van der Waals surface area contributed by atoms with E-state index in [9.17, 15) is 14.9 Å². The Morgan fingerprint density at radius 1 is 1.33 bits per heavy atom. The van der Waals surface area contributed by atoms with Gasteiger partial charge in [-0.2, -0.15) is 0 Å². The van der Waals surface area contributed by atoms with E-state index in [1.165, 1.54) is 17.0 Å². The highest BCUT2D eigenvalue weighted by atomic mass is 35.5.